The monoisotopic (exact) mass is 304 g/mol. The SMILES string of the molecule is Cc1ccnc(NC(=O)CCC(=O)NC2CC(=O)N(C)C2)c1. The highest BCUT2D eigenvalue weighted by Gasteiger charge is 2.27. The Bertz CT molecular complexity index is 588. The molecule has 0 aliphatic carbocycles. The molecule has 2 heterocycles. The number of amides is 3. The second kappa shape index (κ2) is 7.02. The van der Waals surface area contributed by atoms with Crippen LogP contribution in [0.1, 0.15) is 24.8 Å². The number of hydrogen-bond acceptors (Lipinski definition) is 4. The molecule has 7 nitrogen and oxygen atoms in total. The van der Waals surface area contributed by atoms with Crippen molar-refractivity contribution in [2.75, 3.05) is 18.9 Å². The number of aryl methyl sites for hydroxylation is 1. The summed E-state index contributed by atoms with van der Waals surface area (Å²) in [6.45, 7) is 2.43. The van der Waals surface area contributed by atoms with Gasteiger partial charge in [0, 0.05) is 39.1 Å². The fourth-order valence-corrected chi connectivity index (χ4v) is 2.30. The number of nitrogens with one attached hydrogen (secondary N) is 2. The van der Waals surface area contributed by atoms with E-state index < -0.39 is 0 Å². The van der Waals surface area contributed by atoms with Crippen LogP contribution in [0.5, 0.6) is 0 Å². The summed E-state index contributed by atoms with van der Waals surface area (Å²) in [5.74, 6) is 0.0234. The van der Waals surface area contributed by atoms with Gasteiger partial charge in [-0.1, -0.05) is 0 Å². The molecule has 2 rings (SSSR count). The Morgan fingerprint density at radius 2 is 2.09 bits per heavy atom. The predicted molar refractivity (Wildman–Crippen MR) is 81.0 cm³/mol. The minimum atomic E-state index is -0.257. The fraction of sp³-hybridized carbons (Fsp3) is 0.467. The smallest absolute Gasteiger partial charge is 0.226 e. The van der Waals surface area contributed by atoms with Gasteiger partial charge in [0.15, 0.2) is 0 Å². The minimum absolute atomic E-state index is 0.0218. The molecule has 7 heteroatoms. The molecule has 0 radical (unpaired) electrons. The van der Waals surface area contributed by atoms with Crippen LogP contribution in [-0.2, 0) is 14.4 Å². The van der Waals surface area contributed by atoms with Crippen LogP contribution in [0.2, 0.25) is 0 Å². The Morgan fingerprint density at radius 1 is 1.36 bits per heavy atom. The van der Waals surface area contributed by atoms with Gasteiger partial charge in [-0.05, 0) is 24.6 Å². The number of aromatic nitrogens is 1. The molecule has 0 bridgehead atoms. The van der Waals surface area contributed by atoms with E-state index in [0.29, 0.717) is 18.8 Å². The Balaban J connectivity index is 1.72. The first-order valence-electron chi connectivity index (χ1n) is 7.20. The highest BCUT2D eigenvalue weighted by Crippen LogP contribution is 2.09. The highest BCUT2D eigenvalue weighted by atomic mass is 16.2. The molecule has 2 N–H and O–H groups in total. The normalized spacial score (nSPS) is 17.5. The van der Waals surface area contributed by atoms with Crippen molar-refractivity contribution in [2.24, 2.45) is 0 Å². The third-order valence-corrected chi connectivity index (χ3v) is 3.47. The summed E-state index contributed by atoms with van der Waals surface area (Å²) in [7, 11) is 1.71. The third-order valence-electron chi connectivity index (χ3n) is 3.47. The molecule has 0 saturated carbocycles. The number of anilines is 1. The number of carbonyl (C=O) groups is 3. The number of likely N-dealkylation sites (N-methyl/N-ethyl adjacent to an activating group) is 1. The zero-order valence-electron chi connectivity index (χ0n) is 12.8. The first kappa shape index (κ1) is 15.9. The lowest BCUT2D eigenvalue weighted by Gasteiger charge is -2.12. The first-order valence-corrected chi connectivity index (χ1v) is 7.20. The zero-order valence-corrected chi connectivity index (χ0v) is 12.8. The van der Waals surface area contributed by atoms with E-state index in [0.717, 1.165) is 5.56 Å². The summed E-state index contributed by atoms with van der Waals surface area (Å²) in [4.78, 5) is 40.5. The number of carbonyl (C=O) groups excluding carboxylic acids is 3. The fourth-order valence-electron chi connectivity index (χ4n) is 2.30. The second-order valence-corrected chi connectivity index (χ2v) is 5.51. The van der Waals surface area contributed by atoms with E-state index in [1.54, 1.807) is 24.2 Å². The van der Waals surface area contributed by atoms with Crippen molar-refractivity contribution in [1.82, 2.24) is 15.2 Å². The van der Waals surface area contributed by atoms with Crippen LogP contribution >= 0.6 is 0 Å². The van der Waals surface area contributed by atoms with Crippen molar-refractivity contribution in [3.05, 3.63) is 23.9 Å². The molecule has 22 heavy (non-hydrogen) atoms. The number of pyridine rings is 1. The average molecular weight is 304 g/mol. The van der Waals surface area contributed by atoms with Crippen LogP contribution in [0.4, 0.5) is 5.82 Å². The van der Waals surface area contributed by atoms with Crippen molar-refractivity contribution >= 4 is 23.5 Å². The summed E-state index contributed by atoms with van der Waals surface area (Å²) < 4.78 is 0. The van der Waals surface area contributed by atoms with E-state index in [1.165, 1.54) is 0 Å². The van der Waals surface area contributed by atoms with Crippen LogP contribution in [0.3, 0.4) is 0 Å². The maximum atomic E-state index is 11.8. The maximum Gasteiger partial charge on any atom is 0.226 e. The summed E-state index contributed by atoms with van der Waals surface area (Å²) in [5.41, 5.74) is 0.998. The van der Waals surface area contributed by atoms with Crippen molar-refractivity contribution < 1.29 is 14.4 Å². The molecule has 1 aliphatic heterocycles. The zero-order chi connectivity index (χ0) is 16.1. The lowest BCUT2D eigenvalue weighted by Crippen LogP contribution is -2.36. The molecule has 1 saturated heterocycles. The van der Waals surface area contributed by atoms with Gasteiger partial charge in [0.05, 0.1) is 6.04 Å². The van der Waals surface area contributed by atoms with E-state index >= 15 is 0 Å². The molecule has 1 unspecified atom stereocenters. The van der Waals surface area contributed by atoms with Gasteiger partial charge in [-0.15, -0.1) is 0 Å². The van der Waals surface area contributed by atoms with Gasteiger partial charge in [0.1, 0.15) is 5.82 Å². The van der Waals surface area contributed by atoms with E-state index in [4.69, 9.17) is 0 Å². The lowest BCUT2D eigenvalue weighted by molar-refractivity contribution is -0.126. The molecular weight excluding hydrogens is 284 g/mol. The molecular formula is C15H20N4O3. The molecule has 1 fully saturated rings. The Labute approximate surface area is 129 Å². The van der Waals surface area contributed by atoms with Gasteiger partial charge < -0.3 is 15.5 Å². The van der Waals surface area contributed by atoms with Gasteiger partial charge in [-0.25, -0.2) is 4.98 Å². The largest absolute Gasteiger partial charge is 0.351 e. The van der Waals surface area contributed by atoms with Crippen molar-refractivity contribution in [3.63, 3.8) is 0 Å². The van der Waals surface area contributed by atoms with Gasteiger partial charge in [0.2, 0.25) is 17.7 Å². The van der Waals surface area contributed by atoms with Crippen molar-refractivity contribution in [3.8, 4) is 0 Å². The first-order chi connectivity index (χ1) is 10.4. The minimum Gasteiger partial charge on any atom is -0.351 e. The quantitative estimate of drug-likeness (QED) is 0.826. The Kier molecular flexibility index (Phi) is 5.08. The number of hydrogen-bond donors (Lipinski definition) is 2. The van der Waals surface area contributed by atoms with Crippen LogP contribution < -0.4 is 10.6 Å². The third kappa shape index (κ3) is 4.54. The molecule has 118 valence electrons. The summed E-state index contributed by atoms with van der Waals surface area (Å²) in [5, 5.41) is 5.42. The van der Waals surface area contributed by atoms with Gasteiger partial charge in [0.25, 0.3) is 0 Å². The molecule has 1 aliphatic rings. The average Bonchev–Trinajstić information content (AvgIpc) is 2.75. The highest BCUT2D eigenvalue weighted by molar-refractivity contribution is 5.92. The van der Waals surface area contributed by atoms with Crippen LogP contribution in [-0.4, -0.2) is 47.2 Å². The number of nitrogens with zero attached hydrogens (tertiary/aromatic N) is 2. The number of rotatable bonds is 5. The summed E-state index contributed by atoms with van der Waals surface area (Å²) >= 11 is 0. The van der Waals surface area contributed by atoms with E-state index in [2.05, 4.69) is 15.6 Å². The standard InChI is InChI=1S/C15H20N4O3/c1-10-5-6-16-12(7-10)18-14(21)4-3-13(20)17-11-8-15(22)19(2)9-11/h5-7,11H,3-4,8-9H2,1-2H3,(H,17,20)(H,16,18,21). The molecule has 1 aromatic heterocycles. The Morgan fingerprint density at radius 3 is 2.73 bits per heavy atom. The number of likely N-dealkylation sites (tertiary alicyclic amines) is 1. The van der Waals surface area contributed by atoms with E-state index in [-0.39, 0.29) is 36.6 Å². The van der Waals surface area contributed by atoms with Crippen LogP contribution in [0.25, 0.3) is 0 Å². The second-order valence-electron chi connectivity index (χ2n) is 5.51. The van der Waals surface area contributed by atoms with Gasteiger partial charge in [-0.3, -0.25) is 14.4 Å². The molecule has 0 spiro atoms. The molecule has 0 aromatic carbocycles. The van der Waals surface area contributed by atoms with Crippen molar-refractivity contribution in [2.45, 2.75) is 32.2 Å². The molecule has 1 atom stereocenters. The van der Waals surface area contributed by atoms with Crippen molar-refractivity contribution in [1.29, 1.82) is 0 Å². The van der Waals surface area contributed by atoms with Gasteiger partial charge in [-0.2, -0.15) is 0 Å². The van der Waals surface area contributed by atoms with Crippen LogP contribution in [0.15, 0.2) is 18.3 Å². The van der Waals surface area contributed by atoms with Crippen LogP contribution in [0, 0.1) is 6.92 Å². The topological polar surface area (TPSA) is 91.4 Å². The van der Waals surface area contributed by atoms with E-state index in [1.807, 2.05) is 13.0 Å². The van der Waals surface area contributed by atoms with Gasteiger partial charge >= 0.3 is 0 Å². The Hall–Kier alpha value is -2.44. The lowest BCUT2D eigenvalue weighted by atomic mass is 10.2. The van der Waals surface area contributed by atoms with E-state index in [9.17, 15) is 14.4 Å². The summed E-state index contributed by atoms with van der Waals surface area (Å²) in [6, 6.07) is 3.44. The molecule has 1 aromatic rings. The summed E-state index contributed by atoms with van der Waals surface area (Å²) in [6.07, 6.45) is 2.11. The maximum absolute atomic E-state index is 11.8. The molecule has 3 amide bonds. The predicted octanol–water partition coefficient (Wildman–Crippen LogP) is 0.456.